The van der Waals surface area contributed by atoms with Gasteiger partial charge < -0.3 is 4.10 Å². The van der Waals surface area contributed by atoms with E-state index in [-0.39, 0.29) is 12.2 Å². The Kier molecular flexibility index (Phi) is 4.24. The van der Waals surface area contributed by atoms with Crippen molar-refractivity contribution in [3.8, 4) is 0 Å². The van der Waals surface area contributed by atoms with Gasteiger partial charge in [0.15, 0.2) is 0 Å². The third-order valence-electron chi connectivity index (χ3n) is 1.05. The quantitative estimate of drug-likeness (QED) is 0.529. The number of hydrogen-bond donors (Lipinski definition) is 0. The van der Waals surface area contributed by atoms with Crippen LogP contribution in [0, 0.1) is 5.92 Å². The van der Waals surface area contributed by atoms with E-state index in [2.05, 4.69) is 4.10 Å². The molecule has 0 bridgehead atoms. The van der Waals surface area contributed by atoms with Crippen LogP contribution < -0.4 is 0 Å². The van der Waals surface area contributed by atoms with Gasteiger partial charge in [0.2, 0.25) is 0 Å². The van der Waals surface area contributed by atoms with Gasteiger partial charge in [-0.15, -0.1) is 0 Å². The minimum atomic E-state index is -5.45. The average molecular weight is 217 g/mol. The van der Waals surface area contributed by atoms with Crippen molar-refractivity contribution in [2.45, 2.75) is 25.7 Å². The molecule has 0 aliphatic carbocycles. The maximum Gasteiger partial charge on any atom is 0.521 e. The lowest BCUT2D eigenvalue weighted by atomic mass is 9.88. The van der Waals surface area contributed by atoms with Crippen molar-refractivity contribution in [1.82, 2.24) is 0 Å². The Bertz CT molecular complexity index is 246. The van der Waals surface area contributed by atoms with E-state index in [1.807, 2.05) is 0 Å². The largest absolute Gasteiger partial charge is 0.521 e. The molecule has 0 fully saturated rings. The lowest BCUT2D eigenvalue weighted by Crippen LogP contribution is -2.27. The highest BCUT2D eigenvalue weighted by Crippen LogP contribution is 2.24. The lowest BCUT2D eigenvalue weighted by molar-refractivity contribution is -0.0499. The van der Waals surface area contributed by atoms with Crippen LogP contribution in [0.2, 0.25) is 6.32 Å². The number of rotatable bonds is 4. The summed E-state index contributed by atoms with van der Waals surface area (Å²) in [5, 5.41) is 0. The SMILES string of the molecule is CC(C)C[B]OS(=O)(=O)C(F)(F)F. The van der Waals surface area contributed by atoms with Crippen molar-refractivity contribution >= 4 is 17.6 Å². The number of halogens is 3. The van der Waals surface area contributed by atoms with Gasteiger partial charge in [0.05, 0.1) is 0 Å². The van der Waals surface area contributed by atoms with E-state index in [9.17, 15) is 21.6 Å². The highest BCUT2D eigenvalue weighted by atomic mass is 32.2. The summed E-state index contributed by atoms with van der Waals surface area (Å²) < 4.78 is 59.0. The van der Waals surface area contributed by atoms with Crippen LogP contribution in [0.1, 0.15) is 13.8 Å². The third kappa shape index (κ3) is 4.51. The van der Waals surface area contributed by atoms with Crippen molar-refractivity contribution in [3.63, 3.8) is 0 Å². The van der Waals surface area contributed by atoms with Gasteiger partial charge in [0.1, 0.15) is 0 Å². The van der Waals surface area contributed by atoms with Crippen molar-refractivity contribution in [2.24, 2.45) is 5.92 Å². The predicted molar refractivity (Wildman–Crippen MR) is 41.5 cm³/mol. The van der Waals surface area contributed by atoms with Gasteiger partial charge in [-0.25, -0.2) is 0 Å². The lowest BCUT2D eigenvalue weighted by Gasteiger charge is -2.08. The Balaban J connectivity index is 4.07. The molecule has 3 nitrogen and oxygen atoms in total. The summed E-state index contributed by atoms with van der Waals surface area (Å²) in [6.45, 7) is 3.44. The predicted octanol–water partition coefficient (Wildman–Crippen LogP) is 1.55. The standard InChI is InChI=1S/C5H9BF3O3S/c1-4(2)3-6-12-13(10,11)5(7,8)9/h4H,3H2,1-2H3. The molecule has 0 aromatic heterocycles. The molecular formula is C5H9BF3O3S. The maximum absolute atomic E-state index is 11.6. The first-order valence-corrected chi connectivity index (χ1v) is 4.89. The van der Waals surface area contributed by atoms with Gasteiger partial charge in [0.25, 0.3) is 0 Å². The van der Waals surface area contributed by atoms with Crippen molar-refractivity contribution < 1.29 is 25.7 Å². The molecule has 0 aromatic rings. The van der Waals surface area contributed by atoms with E-state index in [0.29, 0.717) is 7.48 Å². The van der Waals surface area contributed by atoms with Crippen LogP contribution in [0.3, 0.4) is 0 Å². The van der Waals surface area contributed by atoms with E-state index < -0.39 is 15.6 Å². The van der Waals surface area contributed by atoms with Crippen LogP contribution in [0.5, 0.6) is 0 Å². The van der Waals surface area contributed by atoms with Gasteiger partial charge in [-0.05, 0) is 6.32 Å². The molecule has 1 radical (unpaired) electrons. The molecule has 0 aliphatic heterocycles. The van der Waals surface area contributed by atoms with Crippen LogP contribution in [0.4, 0.5) is 13.2 Å². The van der Waals surface area contributed by atoms with E-state index in [0.717, 1.165) is 0 Å². The monoisotopic (exact) mass is 217 g/mol. The van der Waals surface area contributed by atoms with Crippen molar-refractivity contribution in [1.29, 1.82) is 0 Å². The van der Waals surface area contributed by atoms with Gasteiger partial charge in [-0.1, -0.05) is 19.8 Å². The third-order valence-corrected chi connectivity index (χ3v) is 2.00. The van der Waals surface area contributed by atoms with Gasteiger partial charge in [-0.2, -0.15) is 21.6 Å². The fraction of sp³-hybridized carbons (Fsp3) is 1.00. The Morgan fingerprint density at radius 2 is 1.85 bits per heavy atom. The second-order valence-corrected chi connectivity index (χ2v) is 4.36. The van der Waals surface area contributed by atoms with E-state index in [1.165, 1.54) is 0 Å². The zero-order valence-corrected chi connectivity index (χ0v) is 7.95. The fourth-order valence-electron chi connectivity index (χ4n) is 0.376. The first-order chi connectivity index (χ1) is 5.67. The van der Waals surface area contributed by atoms with E-state index >= 15 is 0 Å². The maximum atomic E-state index is 11.6. The molecule has 0 N–H and O–H groups in total. The molecule has 0 aliphatic rings. The van der Waals surface area contributed by atoms with Crippen LogP contribution in [-0.2, 0) is 14.2 Å². The second-order valence-electron chi connectivity index (χ2n) is 2.79. The topological polar surface area (TPSA) is 43.4 Å². The minimum Gasteiger partial charge on any atom is -0.333 e. The Morgan fingerprint density at radius 1 is 1.38 bits per heavy atom. The normalized spacial score (nSPS) is 13.4. The summed E-state index contributed by atoms with van der Waals surface area (Å²) in [7, 11) is -4.80. The molecule has 0 unspecified atom stereocenters. The zero-order chi connectivity index (χ0) is 10.7. The second kappa shape index (κ2) is 4.32. The molecule has 77 valence electrons. The molecule has 0 saturated carbocycles. The highest BCUT2D eigenvalue weighted by Gasteiger charge is 2.46. The first-order valence-electron chi connectivity index (χ1n) is 3.48. The van der Waals surface area contributed by atoms with E-state index in [1.54, 1.807) is 13.8 Å². The number of hydrogen-bond acceptors (Lipinski definition) is 3. The number of alkyl halides is 3. The first kappa shape index (κ1) is 12.8. The molecule has 13 heavy (non-hydrogen) atoms. The summed E-state index contributed by atoms with van der Waals surface area (Å²) >= 11 is 0. The Hall–Kier alpha value is -0.235. The molecular weight excluding hydrogens is 208 g/mol. The van der Waals surface area contributed by atoms with Crippen LogP contribution in [0.25, 0.3) is 0 Å². The molecule has 0 spiro atoms. The van der Waals surface area contributed by atoms with E-state index in [4.69, 9.17) is 0 Å². The van der Waals surface area contributed by atoms with Gasteiger partial charge in [-0.3, -0.25) is 0 Å². The zero-order valence-electron chi connectivity index (χ0n) is 7.13. The van der Waals surface area contributed by atoms with Crippen LogP contribution >= 0.6 is 0 Å². The molecule has 0 amide bonds. The molecule has 8 heteroatoms. The fourth-order valence-corrected chi connectivity index (χ4v) is 0.743. The summed E-state index contributed by atoms with van der Waals surface area (Å²) in [6.07, 6.45) is 0.148. The van der Waals surface area contributed by atoms with Crippen molar-refractivity contribution in [3.05, 3.63) is 0 Å². The van der Waals surface area contributed by atoms with Crippen LogP contribution in [0.15, 0.2) is 0 Å². The summed E-state index contributed by atoms with van der Waals surface area (Å²) in [5.74, 6) is 0.0448. The molecule has 0 heterocycles. The minimum absolute atomic E-state index is 0.0448. The smallest absolute Gasteiger partial charge is 0.333 e. The Labute approximate surface area is 75.7 Å². The molecule has 0 saturated heterocycles. The molecule has 0 atom stereocenters. The summed E-state index contributed by atoms with van der Waals surface area (Å²) in [4.78, 5) is 0. The summed E-state index contributed by atoms with van der Waals surface area (Å²) in [6, 6.07) is 0. The highest BCUT2D eigenvalue weighted by molar-refractivity contribution is 7.88. The Morgan fingerprint density at radius 3 is 2.15 bits per heavy atom. The van der Waals surface area contributed by atoms with Gasteiger partial charge >= 0.3 is 23.1 Å². The summed E-state index contributed by atoms with van der Waals surface area (Å²) in [5.41, 5.74) is -5.35. The van der Waals surface area contributed by atoms with Crippen molar-refractivity contribution in [2.75, 3.05) is 0 Å². The van der Waals surface area contributed by atoms with Crippen LogP contribution in [-0.4, -0.2) is 21.4 Å². The average Bonchev–Trinajstić information content (AvgIpc) is 1.82. The molecule has 0 rings (SSSR count). The van der Waals surface area contributed by atoms with Gasteiger partial charge in [0, 0.05) is 0 Å². The molecule has 0 aromatic carbocycles.